The van der Waals surface area contributed by atoms with Gasteiger partial charge in [0.25, 0.3) is 0 Å². The summed E-state index contributed by atoms with van der Waals surface area (Å²) in [6.07, 6.45) is 3.87. The molecule has 3 fully saturated rings. The molecule has 0 spiro atoms. The van der Waals surface area contributed by atoms with Gasteiger partial charge in [-0.05, 0) is 98.5 Å². The molecule has 3 aromatic rings. The van der Waals surface area contributed by atoms with E-state index in [-0.39, 0.29) is 0 Å². The predicted molar refractivity (Wildman–Crippen MR) is 241 cm³/mol. The van der Waals surface area contributed by atoms with Crippen molar-refractivity contribution < 1.29 is 28.4 Å². The van der Waals surface area contributed by atoms with Crippen molar-refractivity contribution in [2.75, 3.05) is 39.6 Å². The van der Waals surface area contributed by atoms with Crippen molar-refractivity contribution in [2.45, 2.75) is 175 Å². The van der Waals surface area contributed by atoms with E-state index in [4.69, 9.17) is 28.4 Å². The van der Waals surface area contributed by atoms with Crippen molar-refractivity contribution in [1.82, 2.24) is 0 Å². The standard InChI is InChI=1S/C38H48O6.6C2H6/c1-23-14-29(15-24(2)35(23)39-11-8-32-20-42-32)38(7,30-16-25(3)36(26(4)17-30)40-12-9-33-21-43-33)31-18-27(5)37(28(6)19-31)41-13-10-34-22-44-34;6*1-2/h14-19,32-34H,8-13,20-22H2,1-7H3;6*1-2H3. The lowest BCUT2D eigenvalue weighted by Gasteiger charge is -2.35. The molecule has 6 heteroatoms. The smallest absolute Gasteiger partial charge is 0.125 e. The Hall–Kier alpha value is -3.06. The summed E-state index contributed by atoms with van der Waals surface area (Å²) in [7, 11) is 0. The number of aryl methyl sites for hydroxylation is 6. The van der Waals surface area contributed by atoms with E-state index < -0.39 is 5.41 Å². The summed E-state index contributed by atoms with van der Waals surface area (Å²) in [6.45, 7) is 43.9. The van der Waals surface area contributed by atoms with Gasteiger partial charge in [0.1, 0.15) is 17.2 Å². The first-order valence-corrected chi connectivity index (χ1v) is 22.2. The van der Waals surface area contributed by atoms with Gasteiger partial charge in [-0.25, -0.2) is 0 Å². The minimum Gasteiger partial charge on any atom is -0.493 e. The van der Waals surface area contributed by atoms with Gasteiger partial charge in [-0.2, -0.15) is 0 Å². The number of hydrogen-bond donors (Lipinski definition) is 0. The van der Waals surface area contributed by atoms with E-state index in [9.17, 15) is 0 Å². The van der Waals surface area contributed by atoms with Crippen LogP contribution in [0.1, 0.15) is 159 Å². The van der Waals surface area contributed by atoms with Gasteiger partial charge in [-0.15, -0.1) is 0 Å². The van der Waals surface area contributed by atoms with Gasteiger partial charge in [0, 0.05) is 24.7 Å². The van der Waals surface area contributed by atoms with Crippen molar-refractivity contribution in [1.29, 1.82) is 0 Å². The summed E-state index contributed by atoms with van der Waals surface area (Å²) >= 11 is 0. The SMILES string of the molecule is CC.CC.CC.CC.CC.CC.Cc1cc(C(C)(c2cc(C)c(OCCC3CO3)c(C)c2)c2cc(C)c(OCCC3CO3)c(C)c2)cc(C)c1OCCC1CO1. The van der Waals surface area contributed by atoms with Crippen LogP contribution in [0.2, 0.25) is 0 Å². The fraction of sp³-hybridized carbons (Fsp3) is 0.640. The largest absolute Gasteiger partial charge is 0.493 e. The van der Waals surface area contributed by atoms with Crippen molar-refractivity contribution in [3.8, 4) is 17.2 Å². The molecule has 0 aromatic heterocycles. The summed E-state index contributed by atoms with van der Waals surface area (Å²) in [5.74, 6) is 2.93. The molecule has 56 heavy (non-hydrogen) atoms. The van der Waals surface area contributed by atoms with Crippen LogP contribution in [-0.2, 0) is 19.6 Å². The first-order valence-electron chi connectivity index (χ1n) is 22.2. The number of epoxide rings is 3. The first kappa shape index (κ1) is 52.9. The molecule has 3 aliphatic rings. The second kappa shape index (κ2) is 28.4. The van der Waals surface area contributed by atoms with Crippen molar-refractivity contribution >= 4 is 0 Å². The molecule has 0 aliphatic carbocycles. The van der Waals surface area contributed by atoms with Crippen LogP contribution in [-0.4, -0.2) is 58.0 Å². The summed E-state index contributed by atoms with van der Waals surface area (Å²) in [5.41, 5.74) is 10.2. The molecule has 3 saturated heterocycles. The highest BCUT2D eigenvalue weighted by atomic mass is 16.6. The topological polar surface area (TPSA) is 65.3 Å². The molecule has 3 aromatic carbocycles. The molecular weight excluding hydrogens is 697 g/mol. The van der Waals surface area contributed by atoms with Crippen LogP contribution >= 0.6 is 0 Å². The van der Waals surface area contributed by atoms with Gasteiger partial charge in [-0.1, -0.05) is 119 Å². The quantitative estimate of drug-likeness (QED) is 0.113. The van der Waals surface area contributed by atoms with E-state index >= 15 is 0 Å². The third kappa shape index (κ3) is 15.7. The van der Waals surface area contributed by atoms with Crippen molar-refractivity contribution in [3.05, 3.63) is 86.5 Å². The Morgan fingerprint density at radius 2 is 0.589 bits per heavy atom. The van der Waals surface area contributed by atoms with E-state index in [0.29, 0.717) is 38.1 Å². The summed E-state index contributed by atoms with van der Waals surface area (Å²) in [5, 5.41) is 0. The molecular formula is C50H84O6. The molecule has 0 radical (unpaired) electrons. The number of benzene rings is 3. The molecule has 6 nitrogen and oxygen atoms in total. The monoisotopic (exact) mass is 781 g/mol. The second-order valence-corrected chi connectivity index (χ2v) is 13.2. The molecule has 320 valence electrons. The summed E-state index contributed by atoms with van der Waals surface area (Å²) in [4.78, 5) is 0. The highest BCUT2D eigenvalue weighted by molar-refractivity contribution is 5.59. The van der Waals surface area contributed by atoms with E-state index in [1.807, 2.05) is 83.1 Å². The van der Waals surface area contributed by atoms with Crippen LogP contribution in [0.5, 0.6) is 17.2 Å². The van der Waals surface area contributed by atoms with E-state index in [0.717, 1.165) is 89.7 Å². The molecule has 0 amide bonds. The maximum atomic E-state index is 6.29. The Labute approximate surface area is 345 Å². The highest BCUT2D eigenvalue weighted by Crippen LogP contribution is 2.45. The fourth-order valence-electron chi connectivity index (χ4n) is 6.48. The lowest BCUT2D eigenvalue weighted by atomic mass is 9.69. The van der Waals surface area contributed by atoms with Crippen molar-refractivity contribution in [3.63, 3.8) is 0 Å². The summed E-state index contributed by atoms with van der Waals surface area (Å²) in [6, 6.07) is 13.9. The predicted octanol–water partition coefficient (Wildman–Crippen LogP) is 13.6. The zero-order valence-electron chi connectivity index (χ0n) is 39.5. The first-order chi connectivity index (χ1) is 27.1. The minimum atomic E-state index is -0.429. The van der Waals surface area contributed by atoms with Gasteiger partial charge in [0.2, 0.25) is 0 Å². The zero-order chi connectivity index (χ0) is 43.0. The second-order valence-electron chi connectivity index (χ2n) is 13.2. The zero-order valence-corrected chi connectivity index (χ0v) is 39.5. The fourth-order valence-corrected chi connectivity index (χ4v) is 6.48. The third-order valence-corrected chi connectivity index (χ3v) is 9.38. The number of ether oxygens (including phenoxy) is 6. The lowest BCUT2D eigenvalue weighted by molar-refractivity contribution is 0.280. The van der Waals surface area contributed by atoms with E-state index in [1.165, 1.54) is 16.7 Å². The highest BCUT2D eigenvalue weighted by Gasteiger charge is 2.35. The van der Waals surface area contributed by atoms with Gasteiger partial charge in [-0.3, -0.25) is 0 Å². The normalized spacial score (nSPS) is 17.5. The Kier molecular flexibility index (Phi) is 26.8. The molecule has 0 saturated carbocycles. The van der Waals surface area contributed by atoms with Crippen LogP contribution in [0.25, 0.3) is 0 Å². The number of rotatable bonds is 15. The molecule has 0 bridgehead atoms. The van der Waals surface area contributed by atoms with Crippen LogP contribution in [0, 0.1) is 41.5 Å². The Morgan fingerprint density at radius 3 is 0.750 bits per heavy atom. The Bertz CT molecular complexity index is 1250. The maximum absolute atomic E-state index is 6.29. The van der Waals surface area contributed by atoms with Gasteiger partial charge >= 0.3 is 0 Å². The summed E-state index contributed by atoms with van der Waals surface area (Å²) < 4.78 is 35.0. The minimum absolute atomic E-state index is 0.360. The number of hydrogen-bond acceptors (Lipinski definition) is 6. The molecule has 0 N–H and O–H groups in total. The molecule has 3 unspecified atom stereocenters. The van der Waals surface area contributed by atoms with Crippen molar-refractivity contribution in [2.24, 2.45) is 0 Å². The van der Waals surface area contributed by atoms with Crippen LogP contribution in [0.4, 0.5) is 0 Å². The van der Waals surface area contributed by atoms with E-state index in [2.05, 4.69) is 84.9 Å². The Morgan fingerprint density at radius 1 is 0.411 bits per heavy atom. The maximum Gasteiger partial charge on any atom is 0.125 e. The van der Waals surface area contributed by atoms with Gasteiger partial charge in [0.15, 0.2) is 0 Å². The third-order valence-electron chi connectivity index (χ3n) is 9.38. The average Bonchev–Trinajstić information content (AvgIpc) is 4.07. The molecule has 6 rings (SSSR count). The molecule has 3 aliphatic heterocycles. The van der Waals surface area contributed by atoms with Gasteiger partial charge < -0.3 is 28.4 Å². The van der Waals surface area contributed by atoms with Gasteiger partial charge in [0.05, 0.1) is 58.0 Å². The average molecular weight is 781 g/mol. The molecule has 3 atom stereocenters. The Balaban J connectivity index is 0.00000231. The van der Waals surface area contributed by atoms with Crippen LogP contribution in [0.15, 0.2) is 36.4 Å². The lowest BCUT2D eigenvalue weighted by Crippen LogP contribution is -2.27. The molecule has 3 heterocycles. The van der Waals surface area contributed by atoms with E-state index in [1.54, 1.807) is 0 Å². The van der Waals surface area contributed by atoms with Crippen LogP contribution in [0.3, 0.4) is 0 Å². The van der Waals surface area contributed by atoms with Crippen LogP contribution < -0.4 is 14.2 Å².